The van der Waals surface area contributed by atoms with E-state index in [9.17, 15) is 5.11 Å². The van der Waals surface area contributed by atoms with Crippen molar-refractivity contribution in [3.8, 4) is 0 Å². The second-order valence-electron chi connectivity index (χ2n) is 12.6. The molecule has 2 N–H and O–H groups in total. The molecule has 0 aromatic rings. The zero-order valence-corrected chi connectivity index (χ0v) is 21.3. The number of ether oxygens (including phenoxy) is 1. The largest absolute Gasteiger partial charge is 0.393 e. The zero-order valence-electron chi connectivity index (χ0n) is 21.3. The first-order valence-corrected chi connectivity index (χ1v) is 13.6. The molecule has 180 valence electrons. The summed E-state index contributed by atoms with van der Waals surface area (Å²) in [5.41, 5.74) is 5.29. The molecule has 1 aliphatic heterocycles. The van der Waals surface area contributed by atoms with Crippen LogP contribution < -0.4 is 5.32 Å². The Hall–Kier alpha value is -0.640. The van der Waals surface area contributed by atoms with Gasteiger partial charge in [0.1, 0.15) is 0 Å². The molecular weight excluding hydrogens is 394 g/mol. The number of methoxy groups -OCH3 is 1. The molecule has 3 heteroatoms. The third kappa shape index (κ3) is 3.66. The van der Waals surface area contributed by atoms with Crippen LogP contribution in [0.25, 0.3) is 0 Å². The molecule has 4 aliphatic carbocycles. The maximum atomic E-state index is 10.3. The van der Waals surface area contributed by atoms with Crippen LogP contribution in [0, 0.1) is 35.0 Å². The van der Waals surface area contributed by atoms with Gasteiger partial charge in [-0.2, -0.15) is 0 Å². The topological polar surface area (TPSA) is 41.5 Å². The highest BCUT2D eigenvalue weighted by Crippen LogP contribution is 2.63. The van der Waals surface area contributed by atoms with Crippen LogP contribution in [-0.4, -0.2) is 36.5 Å². The number of fused-ring (bicyclic) bond motifs is 5. The summed E-state index contributed by atoms with van der Waals surface area (Å²) < 4.78 is 6.48. The number of aliphatic hydroxyl groups is 1. The van der Waals surface area contributed by atoms with Crippen molar-refractivity contribution in [3.05, 3.63) is 22.8 Å². The lowest BCUT2D eigenvalue weighted by molar-refractivity contribution is -0.0756. The smallest absolute Gasteiger partial charge is 0.0756 e. The molecule has 1 saturated heterocycles. The van der Waals surface area contributed by atoms with Gasteiger partial charge in [-0.25, -0.2) is 0 Å². The Kier molecular flexibility index (Phi) is 6.17. The predicted molar refractivity (Wildman–Crippen MR) is 131 cm³/mol. The van der Waals surface area contributed by atoms with Crippen molar-refractivity contribution in [2.75, 3.05) is 13.7 Å². The molecule has 0 bridgehead atoms. The van der Waals surface area contributed by atoms with Gasteiger partial charge in [-0.05, 0) is 107 Å². The normalized spacial score (nSPS) is 47.8. The van der Waals surface area contributed by atoms with Crippen molar-refractivity contribution in [2.45, 2.75) is 110 Å². The first kappa shape index (κ1) is 23.1. The third-order valence-corrected chi connectivity index (χ3v) is 11.1. The predicted octanol–water partition coefficient (Wildman–Crippen LogP) is 6.03. The second kappa shape index (κ2) is 8.54. The van der Waals surface area contributed by atoms with Crippen molar-refractivity contribution in [1.82, 2.24) is 5.32 Å². The van der Waals surface area contributed by atoms with Gasteiger partial charge in [-0.1, -0.05) is 43.6 Å². The van der Waals surface area contributed by atoms with E-state index in [-0.39, 0.29) is 11.7 Å². The van der Waals surface area contributed by atoms with Gasteiger partial charge in [-0.15, -0.1) is 0 Å². The Labute approximate surface area is 196 Å². The van der Waals surface area contributed by atoms with Gasteiger partial charge in [0.15, 0.2) is 0 Å². The number of allylic oxidation sites excluding steroid dienone is 2. The summed E-state index contributed by atoms with van der Waals surface area (Å²) in [5.74, 6) is 3.66. The van der Waals surface area contributed by atoms with Gasteiger partial charge >= 0.3 is 0 Å². The van der Waals surface area contributed by atoms with Crippen LogP contribution in [0.5, 0.6) is 0 Å². The Morgan fingerprint density at radius 1 is 1.16 bits per heavy atom. The lowest BCUT2D eigenvalue weighted by atomic mass is 9.56. The molecule has 0 amide bonds. The van der Waals surface area contributed by atoms with Crippen LogP contribution in [0.4, 0.5) is 0 Å². The fourth-order valence-electron chi connectivity index (χ4n) is 8.83. The number of hydrogen-bond donors (Lipinski definition) is 2. The third-order valence-electron chi connectivity index (χ3n) is 11.1. The Balaban J connectivity index is 1.39. The molecule has 0 spiro atoms. The molecule has 3 fully saturated rings. The van der Waals surface area contributed by atoms with E-state index in [0.717, 1.165) is 49.5 Å². The van der Waals surface area contributed by atoms with Gasteiger partial charge in [0.2, 0.25) is 0 Å². The summed E-state index contributed by atoms with van der Waals surface area (Å²) >= 11 is 0. The number of rotatable bonds is 3. The minimum atomic E-state index is -0.112. The molecule has 1 unspecified atom stereocenters. The lowest BCUT2D eigenvalue weighted by Crippen LogP contribution is -2.52. The van der Waals surface area contributed by atoms with Crippen molar-refractivity contribution in [1.29, 1.82) is 0 Å². The van der Waals surface area contributed by atoms with E-state index in [1.54, 1.807) is 16.7 Å². The average Bonchev–Trinajstić information content (AvgIpc) is 3.10. The SMILES string of the molecule is COC1([C@H](C)[C@H]2CC[C@H](C)CN2)CC[C@@H]2C(=C(C)C1)C[C@H]1[C@H]2CC=C2C[C@@H](O)CC[C@@]21C. The number of piperidine rings is 1. The van der Waals surface area contributed by atoms with Crippen molar-refractivity contribution in [2.24, 2.45) is 35.0 Å². The highest BCUT2D eigenvalue weighted by atomic mass is 16.5. The molecule has 3 nitrogen and oxygen atoms in total. The molecule has 5 rings (SSSR count). The lowest BCUT2D eigenvalue weighted by Gasteiger charge is -2.49. The number of aliphatic hydroxyl groups excluding tert-OH is 1. The van der Waals surface area contributed by atoms with Crippen LogP contribution in [0.2, 0.25) is 0 Å². The Morgan fingerprint density at radius 3 is 2.69 bits per heavy atom. The first-order chi connectivity index (χ1) is 15.3. The summed E-state index contributed by atoms with van der Waals surface area (Å²) in [6, 6.07) is 0.586. The summed E-state index contributed by atoms with van der Waals surface area (Å²) in [5, 5.41) is 14.1. The molecule has 32 heavy (non-hydrogen) atoms. The minimum Gasteiger partial charge on any atom is -0.393 e. The highest BCUT2D eigenvalue weighted by molar-refractivity contribution is 5.33. The van der Waals surface area contributed by atoms with E-state index >= 15 is 0 Å². The van der Waals surface area contributed by atoms with Crippen molar-refractivity contribution in [3.63, 3.8) is 0 Å². The maximum Gasteiger partial charge on any atom is 0.0756 e. The van der Waals surface area contributed by atoms with Gasteiger partial charge in [-0.3, -0.25) is 0 Å². The van der Waals surface area contributed by atoms with Gasteiger partial charge < -0.3 is 15.2 Å². The fourth-order valence-corrected chi connectivity index (χ4v) is 8.83. The highest BCUT2D eigenvalue weighted by Gasteiger charge is 2.54. The Morgan fingerprint density at radius 2 is 1.97 bits per heavy atom. The van der Waals surface area contributed by atoms with Crippen LogP contribution in [-0.2, 0) is 4.74 Å². The van der Waals surface area contributed by atoms with Gasteiger partial charge in [0, 0.05) is 19.1 Å². The van der Waals surface area contributed by atoms with Crippen LogP contribution in [0.15, 0.2) is 22.8 Å². The van der Waals surface area contributed by atoms with Crippen LogP contribution >= 0.6 is 0 Å². The van der Waals surface area contributed by atoms with E-state index in [1.807, 2.05) is 7.11 Å². The summed E-state index contributed by atoms with van der Waals surface area (Å²) in [4.78, 5) is 0. The molecule has 0 radical (unpaired) electrons. The molecule has 1 heterocycles. The quantitative estimate of drug-likeness (QED) is 0.525. The minimum absolute atomic E-state index is 0.0241. The number of nitrogens with one attached hydrogen (secondary N) is 1. The maximum absolute atomic E-state index is 10.3. The first-order valence-electron chi connectivity index (χ1n) is 13.6. The van der Waals surface area contributed by atoms with Crippen LogP contribution in [0.1, 0.15) is 91.9 Å². The molecular formula is C29H47NO2. The standard InChI is InChI=1S/C29H47NO2/c1-18-6-9-27(30-17-18)20(3)29(32-5)13-11-23-24-8-7-21-14-22(31)10-12-28(21,4)26(24)15-25(23)19(2)16-29/h7,18,20,22-24,26-27,30-31H,6,8-17H2,1-5H3/t18-,20+,22-,23-,24-,26-,27+,28-,29?/m0/s1. The molecule has 0 aromatic carbocycles. The number of hydrogen-bond acceptors (Lipinski definition) is 3. The molecule has 2 saturated carbocycles. The Bertz CT molecular complexity index is 778. The summed E-state index contributed by atoms with van der Waals surface area (Å²) in [7, 11) is 1.98. The van der Waals surface area contributed by atoms with E-state index < -0.39 is 0 Å². The average molecular weight is 442 g/mol. The molecule has 9 atom stereocenters. The zero-order chi connectivity index (χ0) is 22.7. The summed E-state index contributed by atoms with van der Waals surface area (Å²) in [6.07, 6.45) is 14.2. The molecule has 0 aromatic heterocycles. The van der Waals surface area contributed by atoms with Crippen LogP contribution in [0.3, 0.4) is 0 Å². The fraction of sp³-hybridized carbons (Fsp3) is 0.862. The van der Waals surface area contributed by atoms with E-state index in [0.29, 0.717) is 17.4 Å². The van der Waals surface area contributed by atoms with Gasteiger partial charge in [0.25, 0.3) is 0 Å². The van der Waals surface area contributed by atoms with Crippen molar-refractivity contribution < 1.29 is 9.84 Å². The van der Waals surface area contributed by atoms with Gasteiger partial charge in [0.05, 0.1) is 11.7 Å². The van der Waals surface area contributed by atoms with E-state index in [2.05, 4.69) is 39.1 Å². The molecule has 5 aliphatic rings. The van der Waals surface area contributed by atoms with Crippen molar-refractivity contribution >= 4 is 0 Å². The second-order valence-corrected chi connectivity index (χ2v) is 12.6. The summed E-state index contributed by atoms with van der Waals surface area (Å²) in [6.45, 7) is 10.9. The van der Waals surface area contributed by atoms with E-state index in [1.165, 1.54) is 44.9 Å². The monoisotopic (exact) mass is 441 g/mol. The van der Waals surface area contributed by atoms with E-state index in [4.69, 9.17) is 4.74 Å².